The van der Waals surface area contributed by atoms with Crippen LogP contribution >= 0.6 is 0 Å². The number of benzene rings is 2. The van der Waals surface area contributed by atoms with Gasteiger partial charge >= 0.3 is 12.1 Å². The molecule has 0 radical (unpaired) electrons. The zero-order valence-corrected chi connectivity index (χ0v) is 26.7. The maximum atomic E-state index is 14.2. The van der Waals surface area contributed by atoms with E-state index in [0.717, 1.165) is 40.4 Å². The molecule has 0 spiro atoms. The maximum absolute atomic E-state index is 14.2. The molecule has 1 N–H and O–H groups in total. The van der Waals surface area contributed by atoms with Gasteiger partial charge in [0.2, 0.25) is 5.91 Å². The van der Waals surface area contributed by atoms with E-state index in [-0.39, 0.29) is 19.6 Å². The largest absolute Gasteiger partial charge is 0.467 e. The number of allylic oxidation sites excluding steroid dienone is 1. The monoisotopic (exact) mass is 593 g/mol. The number of carbonyl (C=O) groups excluding carboxylic acids is 3. The van der Waals surface area contributed by atoms with Gasteiger partial charge in [0.1, 0.15) is 17.7 Å². The first-order chi connectivity index (χ1) is 20.3. The highest BCUT2D eigenvalue weighted by atomic mass is 16.5. The van der Waals surface area contributed by atoms with Crippen molar-refractivity contribution in [2.24, 2.45) is 5.41 Å². The standard InChI is InChI=1S/C34H47N3O6/c1-10-12-13-14-17-43-32(40)35-29(33(3,4)5)30(38)37-22-34(42-9,21-28(37)31(39)41-8)26-16-15-24-20-27(36(6)7)23(11-2)18-25(24)19-26/h10-11,15-16,18-20,28-29H,1-2,12-14,17,21-22H2,3-9H3,(H,35,40)/t28?,29-,34?/m1/s1. The van der Waals surface area contributed by atoms with Gasteiger partial charge in [-0.3, -0.25) is 4.79 Å². The SMILES string of the molecule is C=CCCCCOC(=O)N[C@H](C(=O)N1CC(OC)(c2ccc3cc(N(C)C)c(C=C)cc3c2)CC1C(=O)OC)C(C)(C)C. The van der Waals surface area contributed by atoms with E-state index < -0.39 is 41.1 Å². The molecule has 0 bridgehead atoms. The lowest BCUT2D eigenvalue weighted by Crippen LogP contribution is -2.57. The van der Waals surface area contributed by atoms with Gasteiger partial charge in [-0.15, -0.1) is 6.58 Å². The highest BCUT2D eigenvalue weighted by Gasteiger charge is 2.53. The van der Waals surface area contributed by atoms with E-state index in [2.05, 4.69) is 30.6 Å². The molecule has 234 valence electrons. The highest BCUT2D eigenvalue weighted by molar-refractivity contribution is 5.92. The van der Waals surface area contributed by atoms with Crippen LogP contribution in [0.1, 0.15) is 57.6 Å². The zero-order chi connectivity index (χ0) is 31.9. The number of nitrogens with zero attached hydrogens (tertiary/aromatic N) is 2. The number of likely N-dealkylation sites (tertiary alicyclic amines) is 1. The van der Waals surface area contributed by atoms with Crippen LogP contribution < -0.4 is 10.2 Å². The smallest absolute Gasteiger partial charge is 0.407 e. The first-order valence-electron chi connectivity index (χ1n) is 14.7. The van der Waals surface area contributed by atoms with E-state index in [0.29, 0.717) is 6.42 Å². The number of fused-ring (bicyclic) bond motifs is 1. The Bertz CT molecular complexity index is 1350. The number of carbonyl (C=O) groups is 3. The molecule has 9 nitrogen and oxygen atoms in total. The van der Waals surface area contributed by atoms with Crippen LogP contribution in [0.3, 0.4) is 0 Å². The molecule has 2 amide bonds. The van der Waals surface area contributed by atoms with Crippen LogP contribution in [0.5, 0.6) is 0 Å². The molecule has 1 saturated heterocycles. The molecule has 3 atom stereocenters. The van der Waals surface area contributed by atoms with Gasteiger partial charge in [0.15, 0.2) is 0 Å². The first-order valence-corrected chi connectivity index (χ1v) is 14.7. The fraction of sp³-hybridized carbons (Fsp3) is 0.500. The van der Waals surface area contributed by atoms with E-state index >= 15 is 0 Å². The Hall–Kier alpha value is -3.85. The minimum absolute atomic E-state index is 0.0998. The number of esters is 1. The van der Waals surface area contributed by atoms with Gasteiger partial charge in [0.05, 0.1) is 20.3 Å². The Morgan fingerprint density at radius 1 is 1.12 bits per heavy atom. The van der Waals surface area contributed by atoms with Crippen LogP contribution in [0.4, 0.5) is 10.5 Å². The number of methoxy groups -OCH3 is 2. The number of anilines is 1. The maximum Gasteiger partial charge on any atom is 0.407 e. The minimum Gasteiger partial charge on any atom is -0.467 e. The molecule has 0 aromatic heterocycles. The average molecular weight is 594 g/mol. The first kappa shape index (κ1) is 33.6. The molecule has 2 aromatic rings. The molecule has 2 aromatic carbocycles. The number of ether oxygens (including phenoxy) is 3. The van der Waals surface area contributed by atoms with Crippen molar-refractivity contribution < 1.29 is 28.6 Å². The lowest BCUT2D eigenvalue weighted by molar-refractivity contribution is -0.152. The summed E-state index contributed by atoms with van der Waals surface area (Å²) < 4.78 is 16.6. The third-order valence-corrected chi connectivity index (χ3v) is 8.10. The third kappa shape index (κ3) is 7.57. The van der Waals surface area contributed by atoms with Crippen LogP contribution in [0.25, 0.3) is 16.8 Å². The number of alkyl carbamates (subject to hydrolysis) is 1. The second-order valence-electron chi connectivity index (χ2n) is 12.3. The lowest BCUT2D eigenvalue weighted by atomic mass is 9.85. The van der Waals surface area contributed by atoms with Crippen LogP contribution in [0, 0.1) is 5.41 Å². The summed E-state index contributed by atoms with van der Waals surface area (Å²) in [5.41, 5.74) is 1.22. The number of amides is 2. The number of rotatable bonds is 12. The predicted octanol–water partition coefficient (Wildman–Crippen LogP) is 5.66. The molecular weight excluding hydrogens is 546 g/mol. The van der Waals surface area contributed by atoms with Gasteiger partial charge in [0, 0.05) is 33.3 Å². The van der Waals surface area contributed by atoms with Gasteiger partial charge in [-0.2, -0.15) is 0 Å². The summed E-state index contributed by atoms with van der Waals surface area (Å²) in [4.78, 5) is 43.5. The van der Waals surface area contributed by atoms with Crippen molar-refractivity contribution in [3.63, 3.8) is 0 Å². The van der Waals surface area contributed by atoms with Crippen molar-refractivity contribution in [3.05, 3.63) is 60.7 Å². The number of hydrogen-bond donors (Lipinski definition) is 1. The van der Waals surface area contributed by atoms with Crippen molar-refractivity contribution in [3.8, 4) is 0 Å². The van der Waals surface area contributed by atoms with Crippen molar-refractivity contribution in [1.29, 1.82) is 0 Å². The molecule has 0 saturated carbocycles. The van der Waals surface area contributed by atoms with Crippen LogP contribution in [-0.4, -0.2) is 76.4 Å². The lowest BCUT2D eigenvalue weighted by Gasteiger charge is -2.35. The van der Waals surface area contributed by atoms with Gasteiger partial charge in [-0.25, -0.2) is 9.59 Å². The third-order valence-electron chi connectivity index (χ3n) is 8.10. The quantitative estimate of drug-likeness (QED) is 0.193. The molecule has 1 heterocycles. The summed E-state index contributed by atoms with van der Waals surface area (Å²) >= 11 is 0. The molecule has 0 aliphatic carbocycles. The molecule has 1 aliphatic rings. The molecule has 43 heavy (non-hydrogen) atoms. The van der Waals surface area contributed by atoms with Crippen molar-refractivity contribution >= 4 is 40.5 Å². The number of nitrogens with one attached hydrogen (secondary N) is 1. The highest BCUT2D eigenvalue weighted by Crippen LogP contribution is 2.42. The fourth-order valence-electron chi connectivity index (χ4n) is 5.59. The Labute approximate surface area is 255 Å². The molecule has 1 fully saturated rings. The van der Waals surface area contributed by atoms with Gasteiger partial charge in [-0.05, 0) is 64.8 Å². The van der Waals surface area contributed by atoms with E-state index in [9.17, 15) is 14.4 Å². The average Bonchev–Trinajstić information content (AvgIpc) is 3.38. The van der Waals surface area contributed by atoms with Crippen LogP contribution in [0.2, 0.25) is 0 Å². The van der Waals surface area contributed by atoms with Gasteiger partial charge in [0.25, 0.3) is 0 Å². The predicted molar refractivity (Wildman–Crippen MR) is 171 cm³/mol. The Kier molecular flexibility index (Phi) is 11.0. The molecule has 2 unspecified atom stereocenters. The number of hydrogen-bond acceptors (Lipinski definition) is 7. The summed E-state index contributed by atoms with van der Waals surface area (Å²) in [5.74, 6) is -0.953. The molecule has 1 aliphatic heterocycles. The molecule has 9 heteroatoms. The summed E-state index contributed by atoms with van der Waals surface area (Å²) in [6.07, 6.45) is 5.54. The van der Waals surface area contributed by atoms with Crippen molar-refractivity contribution in [2.75, 3.05) is 46.4 Å². The second-order valence-corrected chi connectivity index (χ2v) is 12.3. The van der Waals surface area contributed by atoms with Gasteiger partial charge in [-0.1, -0.05) is 51.6 Å². The normalized spacial score (nSPS) is 19.0. The number of unbranched alkanes of at least 4 members (excludes halogenated alkanes) is 2. The van der Waals surface area contributed by atoms with Gasteiger partial charge < -0.3 is 29.3 Å². The summed E-state index contributed by atoms with van der Waals surface area (Å²) in [7, 11) is 6.86. The van der Waals surface area contributed by atoms with Crippen molar-refractivity contribution in [1.82, 2.24) is 10.2 Å². The van der Waals surface area contributed by atoms with Crippen LogP contribution in [-0.2, 0) is 29.4 Å². The van der Waals surface area contributed by atoms with Crippen LogP contribution in [0.15, 0.2) is 49.6 Å². The minimum atomic E-state index is -0.981. The Balaban J connectivity index is 1.96. The summed E-state index contributed by atoms with van der Waals surface area (Å²) in [5, 5.41) is 4.79. The topological polar surface area (TPSA) is 97.4 Å². The van der Waals surface area contributed by atoms with E-state index in [1.165, 1.54) is 12.0 Å². The molecule has 3 rings (SSSR count). The zero-order valence-electron chi connectivity index (χ0n) is 26.7. The Morgan fingerprint density at radius 3 is 2.42 bits per heavy atom. The fourth-order valence-corrected chi connectivity index (χ4v) is 5.59. The van der Waals surface area contributed by atoms with E-state index in [4.69, 9.17) is 14.2 Å². The summed E-state index contributed by atoms with van der Waals surface area (Å²) in [6, 6.07) is 8.35. The Morgan fingerprint density at radius 2 is 1.84 bits per heavy atom. The van der Waals surface area contributed by atoms with Crippen molar-refractivity contribution in [2.45, 2.75) is 64.1 Å². The second kappa shape index (κ2) is 14.1. The summed E-state index contributed by atoms with van der Waals surface area (Å²) in [6.45, 7) is 13.6. The molecular formula is C34H47N3O6. The van der Waals surface area contributed by atoms with E-state index in [1.54, 1.807) is 7.11 Å². The van der Waals surface area contributed by atoms with E-state index in [1.807, 2.05) is 70.1 Å².